The van der Waals surface area contributed by atoms with Crippen molar-refractivity contribution < 1.29 is 4.43 Å². The van der Waals surface area contributed by atoms with Gasteiger partial charge >= 0.3 is 0 Å². The maximum Gasteiger partial charge on any atom is 0.241 e. The van der Waals surface area contributed by atoms with Crippen LogP contribution in [-0.2, 0) is 4.43 Å². The molecule has 0 aromatic carbocycles. The molecule has 1 heterocycles. The van der Waals surface area contributed by atoms with Crippen molar-refractivity contribution in [3.05, 3.63) is 11.8 Å². The van der Waals surface area contributed by atoms with Crippen LogP contribution >= 0.6 is 41.2 Å². The van der Waals surface area contributed by atoms with Gasteiger partial charge in [0, 0.05) is 5.75 Å². The van der Waals surface area contributed by atoms with E-state index in [0.29, 0.717) is 0 Å². The van der Waals surface area contributed by atoms with Gasteiger partial charge in [-0.1, -0.05) is 21.6 Å². The van der Waals surface area contributed by atoms with Crippen molar-refractivity contribution in [2.24, 2.45) is 0 Å². The van der Waals surface area contributed by atoms with E-state index < -0.39 is 8.32 Å². The van der Waals surface area contributed by atoms with Gasteiger partial charge in [-0.05, 0) is 45.4 Å². The predicted molar refractivity (Wildman–Crippen MR) is 72.6 cm³/mol. The molecule has 6 heteroatoms. The maximum absolute atomic E-state index is 5.96. The van der Waals surface area contributed by atoms with Gasteiger partial charge in [0.05, 0.1) is 11.5 Å². The Kier molecular flexibility index (Phi) is 5.55. The van der Waals surface area contributed by atoms with Gasteiger partial charge in [0.25, 0.3) is 0 Å². The van der Waals surface area contributed by atoms with Crippen molar-refractivity contribution in [1.29, 1.82) is 0 Å². The summed E-state index contributed by atoms with van der Waals surface area (Å²) < 4.78 is 5.96. The van der Waals surface area contributed by atoms with Crippen molar-refractivity contribution in [3.63, 3.8) is 0 Å². The summed E-state index contributed by atoms with van der Waals surface area (Å²) in [5, 5.41) is 0. The molecule has 0 aromatic rings. The lowest BCUT2D eigenvalue weighted by atomic mass is 10.5. The highest BCUT2D eigenvalue weighted by atomic mass is 33.7. The van der Waals surface area contributed by atoms with Crippen LogP contribution < -0.4 is 0 Å². The molecule has 0 radical (unpaired) electrons. The highest BCUT2D eigenvalue weighted by Gasteiger charge is 2.18. The predicted octanol–water partition coefficient (Wildman–Crippen LogP) is 4.41. The van der Waals surface area contributed by atoms with Crippen molar-refractivity contribution in [1.82, 2.24) is 0 Å². The molecule has 0 spiro atoms. The number of hydrogen-bond donors (Lipinski definition) is 0. The van der Waals surface area contributed by atoms with Crippen molar-refractivity contribution >= 4 is 49.6 Å². The van der Waals surface area contributed by atoms with E-state index in [2.05, 4.69) is 25.7 Å². The molecule has 13 heavy (non-hydrogen) atoms. The molecule has 1 aliphatic heterocycles. The van der Waals surface area contributed by atoms with Crippen LogP contribution in [0.1, 0.15) is 0 Å². The van der Waals surface area contributed by atoms with Crippen LogP contribution in [0.4, 0.5) is 0 Å². The summed E-state index contributed by atoms with van der Waals surface area (Å²) in [4.78, 5) is 0. The number of hydrogen-bond acceptors (Lipinski definition) is 5. The average Bonchev–Trinajstić information content (AvgIpc) is 1.92. The Labute approximate surface area is 96.5 Å². The summed E-state index contributed by atoms with van der Waals surface area (Å²) in [6.07, 6.45) is 2.22. The molecule has 0 N–H and O–H groups in total. The van der Waals surface area contributed by atoms with E-state index in [1.165, 1.54) is 5.76 Å². The molecule has 0 aliphatic carbocycles. The highest BCUT2D eigenvalue weighted by molar-refractivity contribution is 9.26. The van der Waals surface area contributed by atoms with Gasteiger partial charge in [0.2, 0.25) is 8.32 Å². The zero-order valence-corrected chi connectivity index (χ0v) is 12.3. The van der Waals surface area contributed by atoms with Crippen LogP contribution in [0.5, 0.6) is 0 Å². The second-order valence-electron chi connectivity index (χ2n) is 3.57. The molecular formula is C7H14OS4Si. The second-order valence-corrected chi connectivity index (χ2v) is 14.0. The Morgan fingerprint density at radius 2 is 1.92 bits per heavy atom. The fraction of sp³-hybridized carbons (Fsp3) is 0.714. The van der Waals surface area contributed by atoms with Crippen molar-refractivity contribution in [2.75, 3.05) is 11.5 Å². The van der Waals surface area contributed by atoms with Crippen LogP contribution in [-0.4, -0.2) is 19.8 Å². The van der Waals surface area contributed by atoms with Gasteiger partial charge < -0.3 is 4.43 Å². The monoisotopic (exact) mass is 270 g/mol. The third-order valence-corrected chi connectivity index (χ3v) is 8.21. The second kappa shape index (κ2) is 5.90. The molecule has 76 valence electrons. The standard InChI is InChI=1S/C7H14OS4Si/c1-13(2,3)8-7-4-5-9-11-12-10-6-7/h4H,5-6H2,1-3H3/b7-4+. The summed E-state index contributed by atoms with van der Waals surface area (Å²) in [5.74, 6) is 3.27. The highest BCUT2D eigenvalue weighted by Crippen LogP contribution is 2.45. The van der Waals surface area contributed by atoms with E-state index in [1.54, 1.807) is 0 Å². The maximum atomic E-state index is 5.96. The molecule has 0 aromatic heterocycles. The van der Waals surface area contributed by atoms with Crippen LogP contribution in [0.3, 0.4) is 0 Å². The van der Waals surface area contributed by atoms with Crippen LogP contribution in [0.15, 0.2) is 11.8 Å². The minimum absolute atomic E-state index is 1.02. The normalized spacial score (nSPS) is 24.1. The molecule has 0 saturated heterocycles. The zero-order valence-electron chi connectivity index (χ0n) is 8.03. The van der Waals surface area contributed by atoms with Gasteiger partial charge in [-0.2, -0.15) is 0 Å². The molecule has 0 bridgehead atoms. The molecule has 0 atom stereocenters. The molecule has 1 nitrogen and oxygen atoms in total. The number of rotatable bonds is 2. The lowest BCUT2D eigenvalue weighted by molar-refractivity contribution is 0.426. The quantitative estimate of drug-likeness (QED) is 0.541. The van der Waals surface area contributed by atoms with E-state index in [1.807, 2.05) is 41.2 Å². The Balaban J connectivity index is 2.45. The van der Waals surface area contributed by atoms with Gasteiger partial charge in [-0.3, -0.25) is 0 Å². The summed E-state index contributed by atoms with van der Waals surface area (Å²) in [5.41, 5.74) is 0. The first-order chi connectivity index (χ1) is 6.08. The topological polar surface area (TPSA) is 9.23 Å². The SMILES string of the molecule is C[Si](C)(C)O/C1=C/CSSSSC1. The van der Waals surface area contributed by atoms with E-state index >= 15 is 0 Å². The van der Waals surface area contributed by atoms with Gasteiger partial charge in [-0.25, -0.2) is 0 Å². The van der Waals surface area contributed by atoms with E-state index in [9.17, 15) is 0 Å². The van der Waals surface area contributed by atoms with Crippen molar-refractivity contribution in [2.45, 2.75) is 19.6 Å². The zero-order chi connectivity index (χ0) is 9.73. The lowest BCUT2D eigenvalue weighted by Gasteiger charge is -2.22. The van der Waals surface area contributed by atoms with E-state index in [0.717, 1.165) is 11.5 Å². The smallest absolute Gasteiger partial charge is 0.241 e. The molecule has 0 saturated carbocycles. The Morgan fingerprint density at radius 3 is 2.62 bits per heavy atom. The summed E-state index contributed by atoms with van der Waals surface area (Å²) in [6, 6.07) is 0. The lowest BCUT2D eigenvalue weighted by Crippen LogP contribution is -2.25. The summed E-state index contributed by atoms with van der Waals surface area (Å²) in [7, 11) is 6.06. The fourth-order valence-corrected chi connectivity index (χ4v) is 7.44. The van der Waals surface area contributed by atoms with Crippen molar-refractivity contribution in [3.8, 4) is 0 Å². The Morgan fingerprint density at radius 1 is 1.23 bits per heavy atom. The molecule has 0 fully saturated rings. The minimum atomic E-state index is -1.39. The first kappa shape index (κ1) is 12.2. The van der Waals surface area contributed by atoms with E-state index in [-0.39, 0.29) is 0 Å². The largest absolute Gasteiger partial charge is 0.547 e. The first-order valence-corrected chi connectivity index (χ1v) is 12.6. The molecule has 1 rings (SSSR count). The minimum Gasteiger partial charge on any atom is -0.547 e. The van der Waals surface area contributed by atoms with Gasteiger partial charge in [0.1, 0.15) is 0 Å². The third-order valence-electron chi connectivity index (χ3n) is 1.14. The first-order valence-electron chi connectivity index (χ1n) is 4.04. The molecule has 0 unspecified atom stereocenters. The Hall–Kier alpha value is 1.16. The van der Waals surface area contributed by atoms with Crippen LogP contribution in [0.2, 0.25) is 19.6 Å². The van der Waals surface area contributed by atoms with Crippen LogP contribution in [0, 0.1) is 0 Å². The fourth-order valence-electron chi connectivity index (χ4n) is 0.799. The molecular weight excluding hydrogens is 256 g/mol. The van der Waals surface area contributed by atoms with Gasteiger partial charge in [0.15, 0.2) is 0 Å². The molecule has 1 aliphatic rings. The average molecular weight is 271 g/mol. The summed E-state index contributed by atoms with van der Waals surface area (Å²) in [6.45, 7) is 6.69. The Bertz CT molecular complexity index is 189. The van der Waals surface area contributed by atoms with E-state index in [4.69, 9.17) is 4.43 Å². The summed E-state index contributed by atoms with van der Waals surface area (Å²) >= 11 is 0. The van der Waals surface area contributed by atoms with Crippen LogP contribution in [0.25, 0.3) is 0 Å². The van der Waals surface area contributed by atoms with Gasteiger partial charge in [-0.15, -0.1) is 0 Å². The third kappa shape index (κ3) is 6.27. The molecule has 0 amide bonds.